The maximum absolute atomic E-state index is 12.6. The fraction of sp³-hybridized carbons (Fsp3) is 0.150. The number of amides is 4. The van der Waals surface area contributed by atoms with Gasteiger partial charge in [-0.05, 0) is 42.8 Å². The maximum atomic E-state index is 12.6. The number of hydrogen-bond acceptors (Lipinski definition) is 5. The maximum Gasteiger partial charge on any atom is 0.322 e. The molecule has 30 heavy (non-hydrogen) atoms. The first kappa shape index (κ1) is 21.2. The summed E-state index contributed by atoms with van der Waals surface area (Å²) in [7, 11) is -3.77. The minimum absolute atomic E-state index is 0.0522. The Morgan fingerprint density at radius 2 is 1.90 bits per heavy atom. The lowest BCUT2D eigenvalue weighted by molar-refractivity contribution is -0.123. The highest BCUT2D eigenvalue weighted by Gasteiger charge is 2.43. The van der Waals surface area contributed by atoms with Gasteiger partial charge in [0.2, 0.25) is 10.0 Å². The molecule has 0 bridgehead atoms. The molecule has 0 aromatic heterocycles. The van der Waals surface area contributed by atoms with E-state index < -0.39 is 33.4 Å². The smallest absolute Gasteiger partial charge is 0.322 e. The van der Waals surface area contributed by atoms with Gasteiger partial charge in [-0.2, -0.15) is 0 Å². The van der Waals surface area contributed by atoms with E-state index in [1.165, 1.54) is 30.3 Å². The molecule has 0 saturated carbocycles. The van der Waals surface area contributed by atoms with Crippen LogP contribution < -0.4 is 20.7 Å². The summed E-state index contributed by atoms with van der Waals surface area (Å²) in [6.45, 7) is 5.08. The lowest BCUT2D eigenvalue weighted by atomic mass is 9.92. The Kier molecular flexibility index (Phi) is 5.72. The van der Waals surface area contributed by atoms with E-state index in [1.807, 2.05) is 0 Å². The molecule has 9 nitrogen and oxygen atoms in total. The van der Waals surface area contributed by atoms with Crippen LogP contribution in [0.2, 0.25) is 0 Å². The summed E-state index contributed by atoms with van der Waals surface area (Å²) in [4.78, 5) is 36.2. The molecule has 1 saturated heterocycles. The topological polar surface area (TPSA) is 133 Å². The molecule has 10 heteroatoms. The first-order valence-electron chi connectivity index (χ1n) is 8.92. The van der Waals surface area contributed by atoms with Crippen LogP contribution in [0.3, 0.4) is 0 Å². The molecule has 1 unspecified atom stereocenters. The first-order chi connectivity index (χ1) is 14.2. The van der Waals surface area contributed by atoms with Crippen molar-refractivity contribution in [3.05, 3.63) is 72.3 Å². The third-order valence-electron chi connectivity index (χ3n) is 4.57. The van der Waals surface area contributed by atoms with Gasteiger partial charge in [-0.15, -0.1) is 6.58 Å². The third-order valence-corrected chi connectivity index (χ3v) is 5.99. The predicted octanol–water partition coefficient (Wildman–Crippen LogP) is 1.46. The number of rotatable bonds is 7. The molecule has 1 heterocycles. The summed E-state index contributed by atoms with van der Waals surface area (Å²) in [5, 5.41) is 7.41. The van der Waals surface area contributed by atoms with Crippen LogP contribution in [0.25, 0.3) is 0 Å². The zero-order chi connectivity index (χ0) is 21.9. The molecule has 4 amide bonds. The van der Waals surface area contributed by atoms with Gasteiger partial charge in [0.05, 0.1) is 4.90 Å². The van der Waals surface area contributed by atoms with Crippen molar-refractivity contribution < 1.29 is 22.8 Å². The number of imide groups is 1. The molecule has 4 N–H and O–H groups in total. The van der Waals surface area contributed by atoms with E-state index in [4.69, 9.17) is 0 Å². The molecule has 1 aliphatic heterocycles. The zero-order valence-corrected chi connectivity index (χ0v) is 16.9. The van der Waals surface area contributed by atoms with Gasteiger partial charge >= 0.3 is 6.03 Å². The van der Waals surface area contributed by atoms with Crippen molar-refractivity contribution in [1.29, 1.82) is 0 Å². The Bertz CT molecular complexity index is 1150. The van der Waals surface area contributed by atoms with Crippen molar-refractivity contribution in [3.8, 4) is 0 Å². The van der Waals surface area contributed by atoms with Crippen LogP contribution in [0.4, 0.5) is 10.5 Å². The second-order valence-electron chi connectivity index (χ2n) is 6.74. The monoisotopic (exact) mass is 428 g/mol. The second kappa shape index (κ2) is 8.09. The average Bonchev–Trinajstić information content (AvgIpc) is 2.99. The van der Waals surface area contributed by atoms with Crippen molar-refractivity contribution in [3.63, 3.8) is 0 Å². The van der Waals surface area contributed by atoms with Gasteiger partial charge < -0.3 is 10.6 Å². The number of hydrogen-bond donors (Lipinski definition) is 4. The lowest BCUT2D eigenvalue weighted by Crippen LogP contribution is -2.40. The van der Waals surface area contributed by atoms with Crippen LogP contribution in [0, 0.1) is 0 Å². The Hall–Kier alpha value is -3.50. The molecule has 0 aliphatic carbocycles. The van der Waals surface area contributed by atoms with Crippen molar-refractivity contribution >= 4 is 33.6 Å². The van der Waals surface area contributed by atoms with E-state index in [0.29, 0.717) is 11.3 Å². The number of urea groups is 1. The van der Waals surface area contributed by atoms with E-state index in [1.54, 1.807) is 31.2 Å². The summed E-state index contributed by atoms with van der Waals surface area (Å²) in [5.74, 6) is -1.03. The van der Waals surface area contributed by atoms with Crippen LogP contribution in [-0.4, -0.2) is 32.8 Å². The standard InChI is InChI=1S/C20H20N4O5S/c1-3-10-21-30(28,29)16-9-4-6-13(11-16)17(25)22-15-8-5-7-14(12-15)20(2)18(26)23-19(27)24-20/h3-9,11-12,21H,1,10H2,2H3,(H,22,25)(H2,23,24,26,27). The van der Waals surface area contributed by atoms with E-state index in [9.17, 15) is 22.8 Å². The van der Waals surface area contributed by atoms with E-state index in [2.05, 4.69) is 27.3 Å². The number of carbonyl (C=O) groups is 3. The van der Waals surface area contributed by atoms with Crippen LogP contribution in [0.5, 0.6) is 0 Å². The van der Waals surface area contributed by atoms with Crippen LogP contribution in [0.1, 0.15) is 22.8 Å². The fourth-order valence-corrected chi connectivity index (χ4v) is 3.96. The molecule has 1 aliphatic rings. The predicted molar refractivity (Wildman–Crippen MR) is 110 cm³/mol. The van der Waals surface area contributed by atoms with E-state index >= 15 is 0 Å². The minimum Gasteiger partial charge on any atom is -0.322 e. The molecule has 0 radical (unpaired) electrons. The third kappa shape index (κ3) is 4.24. The lowest BCUT2D eigenvalue weighted by Gasteiger charge is -2.21. The number of anilines is 1. The van der Waals surface area contributed by atoms with Gasteiger partial charge in [-0.1, -0.05) is 24.3 Å². The Balaban J connectivity index is 1.82. The second-order valence-corrected chi connectivity index (χ2v) is 8.50. The van der Waals surface area contributed by atoms with Crippen LogP contribution in [0.15, 0.2) is 66.1 Å². The first-order valence-corrected chi connectivity index (χ1v) is 10.4. The Labute approximate surface area is 173 Å². The van der Waals surface area contributed by atoms with Gasteiger partial charge in [0.1, 0.15) is 5.54 Å². The molecule has 2 aromatic carbocycles. The summed E-state index contributed by atoms with van der Waals surface area (Å²) in [5.41, 5.74) is -0.262. The van der Waals surface area contributed by atoms with Crippen LogP contribution in [-0.2, 0) is 20.4 Å². The molecule has 1 atom stereocenters. The van der Waals surface area contributed by atoms with E-state index in [0.717, 1.165) is 0 Å². The number of carbonyl (C=O) groups excluding carboxylic acids is 3. The zero-order valence-electron chi connectivity index (χ0n) is 16.1. The van der Waals surface area contributed by atoms with Gasteiger partial charge in [-0.25, -0.2) is 17.9 Å². The van der Waals surface area contributed by atoms with Gasteiger partial charge in [0, 0.05) is 17.8 Å². The highest BCUT2D eigenvalue weighted by atomic mass is 32.2. The Morgan fingerprint density at radius 1 is 1.17 bits per heavy atom. The summed E-state index contributed by atoms with van der Waals surface area (Å²) < 4.78 is 26.8. The molecule has 3 rings (SSSR count). The molecular formula is C20H20N4O5S. The number of sulfonamides is 1. The highest BCUT2D eigenvalue weighted by molar-refractivity contribution is 7.89. The highest BCUT2D eigenvalue weighted by Crippen LogP contribution is 2.26. The SMILES string of the molecule is C=CCNS(=O)(=O)c1cccc(C(=O)Nc2cccc(C3(C)NC(=O)NC3=O)c2)c1. The summed E-state index contributed by atoms with van der Waals surface area (Å²) >= 11 is 0. The fourth-order valence-electron chi connectivity index (χ4n) is 2.91. The van der Waals surface area contributed by atoms with Crippen molar-refractivity contribution in [2.24, 2.45) is 0 Å². The molecule has 156 valence electrons. The number of benzene rings is 2. The van der Waals surface area contributed by atoms with Crippen molar-refractivity contribution in [2.75, 3.05) is 11.9 Å². The molecule has 2 aromatic rings. The Morgan fingerprint density at radius 3 is 2.57 bits per heavy atom. The molecule has 1 fully saturated rings. The van der Waals surface area contributed by atoms with Gasteiger partial charge in [0.25, 0.3) is 11.8 Å². The van der Waals surface area contributed by atoms with Crippen molar-refractivity contribution in [2.45, 2.75) is 17.4 Å². The normalized spacial score (nSPS) is 18.4. The van der Waals surface area contributed by atoms with Crippen molar-refractivity contribution in [1.82, 2.24) is 15.4 Å². The summed E-state index contributed by atoms with van der Waals surface area (Å²) in [6, 6.07) is 11.5. The molecule has 0 spiro atoms. The van der Waals surface area contributed by atoms with Gasteiger partial charge in [0.15, 0.2) is 0 Å². The van der Waals surface area contributed by atoms with Gasteiger partial charge in [-0.3, -0.25) is 14.9 Å². The largest absolute Gasteiger partial charge is 0.322 e. The van der Waals surface area contributed by atoms with Crippen LogP contribution >= 0.6 is 0 Å². The average molecular weight is 428 g/mol. The van der Waals surface area contributed by atoms with E-state index in [-0.39, 0.29) is 17.0 Å². The quantitative estimate of drug-likeness (QED) is 0.391. The number of nitrogens with one attached hydrogen (secondary N) is 4. The summed E-state index contributed by atoms with van der Waals surface area (Å²) in [6.07, 6.45) is 1.41. The molecular weight excluding hydrogens is 408 g/mol. The minimum atomic E-state index is -3.77.